The lowest BCUT2D eigenvalue weighted by molar-refractivity contribution is -0.141. The maximum Gasteiger partial charge on any atom is 0.320 e. The average Bonchev–Trinajstić information content (AvgIpc) is 1.68. The highest BCUT2D eigenvalue weighted by molar-refractivity contribution is 5.71. The summed E-state index contributed by atoms with van der Waals surface area (Å²) in [7, 11) is 0. The number of carbonyl (C=O) groups is 1. The van der Waals surface area contributed by atoms with Crippen molar-refractivity contribution in [1.82, 2.24) is 0 Å². The van der Waals surface area contributed by atoms with Gasteiger partial charge in [0.2, 0.25) is 0 Å². The van der Waals surface area contributed by atoms with Gasteiger partial charge in [-0.15, -0.1) is 0 Å². The summed E-state index contributed by atoms with van der Waals surface area (Å²) in [5.74, 6) is -0.449. The van der Waals surface area contributed by atoms with Gasteiger partial charge in [0.15, 0.2) is 0 Å². The van der Waals surface area contributed by atoms with Gasteiger partial charge in [0.25, 0.3) is 0 Å². The van der Waals surface area contributed by atoms with Crippen molar-refractivity contribution >= 4 is 5.97 Å². The van der Waals surface area contributed by atoms with Crippen molar-refractivity contribution in [2.24, 2.45) is 0 Å². The van der Waals surface area contributed by atoms with Crippen LogP contribution in [-0.2, 0) is 9.53 Å². The third kappa shape index (κ3) is 3.16. The molecule has 3 nitrogen and oxygen atoms in total. The van der Waals surface area contributed by atoms with Gasteiger partial charge in [-0.25, -0.2) is 0 Å². The van der Waals surface area contributed by atoms with Crippen LogP contribution in [0.1, 0.15) is 13.3 Å². The molecule has 0 aromatic carbocycles. The Morgan fingerprint density at radius 1 is 1.88 bits per heavy atom. The minimum atomic E-state index is -0.449. The van der Waals surface area contributed by atoms with Crippen LogP contribution in [0.25, 0.3) is 0 Å². The number of rotatable bonds is 2. The van der Waals surface area contributed by atoms with Crippen molar-refractivity contribution in [2.45, 2.75) is 13.3 Å². The van der Waals surface area contributed by atoms with Gasteiger partial charge in [0.05, 0.1) is 12.7 Å². The zero-order valence-corrected chi connectivity index (χ0v) is 4.68. The van der Waals surface area contributed by atoms with Gasteiger partial charge in [-0.1, -0.05) is 0 Å². The summed E-state index contributed by atoms with van der Waals surface area (Å²) in [6.07, 6.45) is -0.145. The molecule has 0 saturated heterocycles. The molecule has 0 rings (SSSR count). The van der Waals surface area contributed by atoms with Gasteiger partial charge in [0.1, 0.15) is 6.42 Å². The van der Waals surface area contributed by atoms with E-state index in [0.29, 0.717) is 6.61 Å². The van der Waals surface area contributed by atoms with Crippen LogP contribution in [0.15, 0.2) is 0 Å². The number of hydrogen-bond donors (Lipinski definition) is 0. The lowest BCUT2D eigenvalue weighted by atomic mass is 10.9. The van der Waals surface area contributed by atoms with E-state index in [-0.39, 0.29) is 6.42 Å². The Balaban J connectivity index is 3.23. The first-order valence-electron chi connectivity index (χ1n) is 2.33. The van der Waals surface area contributed by atoms with Crippen molar-refractivity contribution in [3.8, 4) is 6.07 Å². The number of nitriles is 1. The van der Waals surface area contributed by atoms with Crippen LogP contribution in [0.2, 0.25) is 0 Å². The summed E-state index contributed by atoms with van der Waals surface area (Å²) >= 11 is 0. The van der Waals surface area contributed by atoms with E-state index in [4.69, 9.17) is 5.26 Å². The van der Waals surface area contributed by atoms with Crippen molar-refractivity contribution in [1.29, 1.82) is 5.26 Å². The normalized spacial score (nSPS) is 7.50. The van der Waals surface area contributed by atoms with Crippen LogP contribution in [0.5, 0.6) is 0 Å². The van der Waals surface area contributed by atoms with Crippen LogP contribution in [0, 0.1) is 11.3 Å². The number of carbonyl (C=O) groups excluding carboxylic acids is 1. The molecule has 0 saturated carbocycles. The van der Waals surface area contributed by atoms with E-state index < -0.39 is 5.97 Å². The highest BCUT2D eigenvalue weighted by Gasteiger charge is 1.95. The molecule has 0 radical (unpaired) electrons. The van der Waals surface area contributed by atoms with E-state index >= 15 is 0 Å². The Labute approximate surface area is 47.9 Å². The third-order valence-corrected chi connectivity index (χ3v) is 0.529. The lowest BCUT2D eigenvalue weighted by Crippen LogP contribution is -2.01. The van der Waals surface area contributed by atoms with Crippen molar-refractivity contribution < 1.29 is 9.53 Å². The number of esters is 1. The van der Waals surface area contributed by atoms with Gasteiger partial charge < -0.3 is 4.74 Å². The smallest absolute Gasteiger partial charge is 0.320 e. The van der Waals surface area contributed by atoms with E-state index in [2.05, 4.69) is 4.74 Å². The second-order valence-electron chi connectivity index (χ2n) is 1.14. The fourth-order valence-corrected chi connectivity index (χ4v) is 0.277. The fraction of sp³-hybridized carbons (Fsp3) is 0.600. The Bertz CT molecular complexity index is 114. The molecule has 0 aliphatic heterocycles. The third-order valence-electron chi connectivity index (χ3n) is 0.529. The van der Waals surface area contributed by atoms with Gasteiger partial charge in [-0.3, -0.25) is 4.79 Å². The molecular weight excluding hydrogens is 110 g/mol. The fourth-order valence-electron chi connectivity index (χ4n) is 0.277. The predicted octanol–water partition coefficient (Wildman–Crippen LogP) is 0.463. The van der Waals surface area contributed by atoms with Crippen LogP contribution >= 0.6 is 0 Å². The number of ether oxygens (including phenoxy) is 1. The molecule has 0 aromatic heterocycles. The summed E-state index contributed by atoms with van der Waals surface area (Å²) in [5, 5.41) is 7.91. The second-order valence-corrected chi connectivity index (χ2v) is 1.14. The maximum atomic E-state index is 10.2. The van der Waals surface area contributed by atoms with Crippen LogP contribution < -0.4 is 0 Å². The van der Waals surface area contributed by atoms with Gasteiger partial charge in [-0.2, -0.15) is 5.26 Å². The molecule has 0 amide bonds. The van der Waals surface area contributed by atoms with Gasteiger partial charge >= 0.3 is 5.97 Å². The molecule has 44 valence electrons. The summed E-state index contributed by atoms with van der Waals surface area (Å²) in [6, 6.07) is 1.68. The average molecular weight is 117 g/mol. The van der Waals surface area contributed by atoms with Crippen molar-refractivity contribution in [3.63, 3.8) is 0 Å². The Morgan fingerprint density at radius 3 is 2.88 bits per heavy atom. The Morgan fingerprint density at radius 2 is 2.50 bits per heavy atom. The molecule has 8 heavy (non-hydrogen) atoms. The maximum absolute atomic E-state index is 10.2. The molecule has 3 heteroatoms. The standard InChI is InChI=1S/C5H7NO2/c1-2-8-5(7)3-4-6/h2-3H2,1H3/i3+1,4+1,5+1,6+1. The van der Waals surface area contributed by atoms with E-state index in [9.17, 15) is 4.79 Å². The topological polar surface area (TPSA) is 50.1 Å². The molecule has 0 aliphatic carbocycles. The lowest BCUT2D eigenvalue weighted by Gasteiger charge is -1.92. The minimum absolute atomic E-state index is 0.145. The zero-order chi connectivity index (χ0) is 6.41. The van der Waals surface area contributed by atoms with Gasteiger partial charge in [-0.05, 0) is 6.92 Å². The summed E-state index contributed by atoms with van der Waals surface area (Å²) in [5.41, 5.74) is 0. The molecule has 0 atom stereocenters. The predicted molar refractivity (Wildman–Crippen MR) is 26.9 cm³/mol. The first kappa shape index (κ1) is 6.96. The van der Waals surface area contributed by atoms with E-state index in [1.807, 2.05) is 0 Å². The Kier molecular flexibility index (Phi) is 3.59. The summed E-state index contributed by atoms with van der Waals surface area (Å²) in [6.45, 7) is 2.05. The van der Waals surface area contributed by atoms with Gasteiger partial charge in [0, 0.05) is 0 Å². The van der Waals surface area contributed by atoms with Crippen molar-refractivity contribution in [3.05, 3.63) is 0 Å². The zero-order valence-electron chi connectivity index (χ0n) is 4.68. The highest BCUT2D eigenvalue weighted by Crippen LogP contribution is 1.81. The molecule has 0 fully saturated rings. The SMILES string of the molecule is CCO[13C](=O)[13CH2][13C]#[15N]. The van der Waals surface area contributed by atoms with Crippen molar-refractivity contribution in [2.75, 3.05) is 6.61 Å². The number of nitrogens with zero attached hydrogens (tertiary/aromatic N) is 1. The molecular formula is C5H7NO2. The van der Waals surface area contributed by atoms with E-state index in [1.54, 1.807) is 13.0 Å². The molecule has 0 spiro atoms. The van der Waals surface area contributed by atoms with Crippen LogP contribution in [0.4, 0.5) is 0 Å². The quantitative estimate of drug-likeness (QED) is 0.300. The largest absolute Gasteiger partial charge is 0.465 e. The van der Waals surface area contributed by atoms with Crippen LogP contribution in [0.3, 0.4) is 0 Å². The van der Waals surface area contributed by atoms with Crippen LogP contribution in [-0.4, -0.2) is 12.6 Å². The molecule has 0 aromatic rings. The number of hydrogen-bond acceptors (Lipinski definition) is 3. The molecule has 0 unspecified atom stereocenters. The highest BCUT2D eigenvalue weighted by atomic mass is 16.6. The molecule has 0 N–H and O–H groups in total. The summed E-state index contributed by atoms with van der Waals surface area (Å²) < 4.78 is 4.42. The molecule has 0 bridgehead atoms. The Hall–Kier alpha value is -1.04. The first-order valence-corrected chi connectivity index (χ1v) is 2.33. The molecule has 0 aliphatic rings. The molecule has 0 heterocycles. The van der Waals surface area contributed by atoms with E-state index in [0.717, 1.165) is 0 Å². The summed E-state index contributed by atoms with van der Waals surface area (Å²) in [4.78, 5) is 10.2. The first-order chi connectivity index (χ1) is 3.81. The second kappa shape index (κ2) is 4.13. The van der Waals surface area contributed by atoms with E-state index in [1.165, 1.54) is 0 Å². The monoisotopic (exact) mass is 117 g/mol. The minimum Gasteiger partial charge on any atom is -0.465 e.